The van der Waals surface area contributed by atoms with Crippen molar-refractivity contribution in [2.75, 3.05) is 0 Å². The van der Waals surface area contributed by atoms with Crippen LogP contribution in [0.2, 0.25) is 5.15 Å². The highest BCUT2D eigenvalue weighted by Crippen LogP contribution is 2.25. The molecule has 0 aliphatic heterocycles. The van der Waals surface area contributed by atoms with Gasteiger partial charge in [0.2, 0.25) is 0 Å². The lowest BCUT2D eigenvalue weighted by Crippen LogP contribution is -1.98. The highest BCUT2D eigenvalue weighted by atomic mass is 35.5. The van der Waals surface area contributed by atoms with Crippen molar-refractivity contribution in [2.45, 2.75) is 31.0 Å². The first-order chi connectivity index (χ1) is 8.06. The van der Waals surface area contributed by atoms with Crippen molar-refractivity contribution in [1.29, 1.82) is 0 Å². The lowest BCUT2D eigenvalue weighted by Gasteiger charge is -2.06. The molecule has 0 N–H and O–H groups in total. The van der Waals surface area contributed by atoms with Gasteiger partial charge in [-0.15, -0.1) is 0 Å². The fourth-order valence-electron chi connectivity index (χ4n) is 1.33. The van der Waals surface area contributed by atoms with Gasteiger partial charge < -0.3 is 0 Å². The first-order valence-electron chi connectivity index (χ1n) is 5.18. The van der Waals surface area contributed by atoms with Gasteiger partial charge in [-0.05, 0) is 50.2 Å². The summed E-state index contributed by atoms with van der Waals surface area (Å²) in [6.07, 6.45) is 0. The maximum absolute atomic E-state index is 5.83. The molecule has 0 aliphatic rings. The van der Waals surface area contributed by atoms with Crippen LogP contribution in [0.15, 0.2) is 28.4 Å². The molecule has 0 saturated heterocycles. The molecule has 0 fully saturated rings. The average Bonchev–Trinajstić information content (AvgIpc) is 2.26. The van der Waals surface area contributed by atoms with E-state index in [1.165, 1.54) is 11.8 Å². The van der Waals surface area contributed by atoms with Gasteiger partial charge in [0, 0.05) is 11.4 Å². The lowest BCUT2D eigenvalue weighted by molar-refractivity contribution is 0.878. The number of hydrogen-bond acceptors (Lipinski definition) is 4. The minimum Gasteiger partial charge on any atom is -0.229 e. The summed E-state index contributed by atoms with van der Waals surface area (Å²) in [6, 6.07) is 5.51. The number of rotatable bonds is 2. The van der Waals surface area contributed by atoms with Gasteiger partial charge in [-0.3, -0.25) is 0 Å². The number of hydrogen-bond donors (Lipinski definition) is 0. The van der Waals surface area contributed by atoms with Crippen LogP contribution < -0.4 is 0 Å². The predicted octanol–water partition coefficient (Wildman–Crippen LogP) is 3.60. The standard InChI is InChI=1S/C12H12ClN3S/c1-7-8(2)14-12(15-9(7)3)17-11-6-4-5-10(13)16-11/h4-6H,1-3H3. The van der Waals surface area contributed by atoms with Gasteiger partial charge in [0.05, 0.1) is 0 Å². The summed E-state index contributed by atoms with van der Waals surface area (Å²) in [5, 5.41) is 2.00. The minimum absolute atomic E-state index is 0.482. The molecule has 0 saturated carbocycles. The van der Waals surface area contributed by atoms with Gasteiger partial charge in [0.25, 0.3) is 0 Å². The molecule has 2 aromatic heterocycles. The zero-order valence-corrected chi connectivity index (χ0v) is 11.4. The van der Waals surface area contributed by atoms with Crippen molar-refractivity contribution >= 4 is 23.4 Å². The van der Waals surface area contributed by atoms with Crippen LogP contribution in [0.25, 0.3) is 0 Å². The maximum atomic E-state index is 5.83. The molecule has 2 rings (SSSR count). The molecule has 0 aromatic carbocycles. The second-order valence-electron chi connectivity index (χ2n) is 3.70. The molecule has 0 radical (unpaired) electrons. The van der Waals surface area contributed by atoms with Crippen LogP contribution in [0, 0.1) is 20.8 Å². The first-order valence-corrected chi connectivity index (χ1v) is 6.38. The molecule has 0 bridgehead atoms. The van der Waals surface area contributed by atoms with Crippen molar-refractivity contribution in [1.82, 2.24) is 15.0 Å². The molecule has 88 valence electrons. The van der Waals surface area contributed by atoms with Gasteiger partial charge in [0.15, 0.2) is 5.16 Å². The maximum Gasteiger partial charge on any atom is 0.194 e. The lowest BCUT2D eigenvalue weighted by atomic mass is 10.2. The molecule has 3 nitrogen and oxygen atoms in total. The predicted molar refractivity (Wildman–Crippen MR) is 69.6 cm³/mol. The molecule has 0 unspecified atom stereocenters. The fourth-order valence-corrected chi connectivity index (χ4v) is 2.38. The summed E-state index contributed by atoms with van der Waals surface area (Å²) in [6.45, 7) is 6.00. The van der Waals surface area contributed by atoms with E-state index in [-0.39, 0.29) is 0 Å². The first kappa shape index (κ1) is 12.3. The fraction of sp³-hybridized carbons (Fsp3) is 0.250. The van der Waals surface area contributed by atoms with Gasteiger partial charge in [-0.2, -0.15) is 0 Å². The van der Waals surface area contributed by atoms with Crippen LogP contribution in [0.3, 0.4) is 0 Å². The Labute approximate surface area is 110 Å². The molecule has 2 heterocycles. The summed E-state index contributed by atoms with van der Waals surface area (Å²) >= 11 is 7.25. The van der Waals surface area contributed by atoms with Gasteiger partial charge in [0.1, 0.15) is 10.2 Å². The van der Waals surface area contributed by atoms with Crippen molar-refractivity contribution < 1.29 is 0 Å². The summed E-state index contributed by atoms with van der Waals surface area (Å²) in [5.74, 6) is 0. The number of halogens is 1. The quantitative estimate of drug-likeness (QED) is 0.614. The van der Waals surface area contributed by atoms with E-state index in [9.17, 15) is 0 Å². The van der Waals surface area contributed by atoms with Crippen molar-refractivity contribution in [3.05, 3.63) is 40.3 Å². The third-order valence-corrected chi connectivity index (χ3v) is 3.51. The molecule has 2 aromatic rings. The van der Waals surface area contributed by atoms with E-state index >= 15 is 0 Å². The van der Waals surface area contributed by atoms with Gasteiger partial charge in [-0.25, -0.2) is 15.0 Å². The largest absolute Gasteiger partial charge is 0.229 e. The van der Waals surface area contributed by atoms with E-state index in [1.807, 2.05) is 32.9 Å². The second-order valence-corrected chi connectivity index (χ2v) is 5.08. The highest BCUT2D eigenvalue weighted by molar-refractivity contribution is 7.99. The third kappa shape index (κ3) is 2.96. The Morgan fingerprint density at radius 1 is 1.00 bits per heavy atom. The molecule has 0 atom stereocenters. The van der Waals surface area contributed by atoms with Crippen LogP contribution in [0.5, 0.6) is 0 Å². The molecular formula is C12H12ClN3S. The summed E-state index contributed by atoms with van der Waals surface area (Å²) in [5.41, 5.74) is 3.14. The van der Waals surface area contributed by atoms with Crippen LogP contribution >= 0.6 is 23.4 Å². The van der Waals surface area contributed by atoms with E-state index in [0.717, 1.165) is 22.0 Å². The van der Waals surface area contributed by atoms with E-state index in [0.29, 0.717) is 10.3 Å². The second kappa shape index (κ2) is 5.02. The van der Waals surface area contributed by atoms with Gasteiger partial charge >= 0.3 is 0 Å². The highest BCUT2D eigenvalue weighted by Gasteiger charge is 2.07. The molecule has 0 aliphatic carbocycles. The number of nitrogens with zero attached hydrogens (tertiary/aromatic N) is 3. The van der Waals surface area contributed by atoms with Crippen LogP contribution in [0.4, 0.5) is 0 Å². The van der Waals surface area contributed by atoms with Crippen molar-refractivity contribution in [2.24, 2.45) is 0 Å². The summed E-state index contributed by atoms with van der Waals surface area (Å²) < 4.78 is 0. The Bertz CT molecular complexity index is 534. The van der Waals surface area contributed by atoms with Gasteiger partial charge in [-0.1, -0.05) is 17.7 Å². The Morgan fingerprint density at radius 3 is 2.24 bits per heavy atom. The summed E-state index contributed by atoms with van der Waals surface area (Å²) in [4.78, 5) is 13.1. The number of aryl methyl sites for hydroxylation is 2. The molecule has 5 heteroatoms. The van der Waals surface area contributed by atoms with Crippen LogP contribution in [0.1, 0.15) is 17.0 Å². The van der Waals surface area contributed by atoms with Crippen molar-refractivity contribution in [3.63, 3.8) is 0 Å². The van der Waals surface area contributed by atoms with Crippen molar-refractivity contribution in [3.8, 4) is 0 Å². The Hall–Kier alpha value is -1.13. The SMILES string of the molecule is Cc1nc(Sc2cccc(Cl)n2)nc(C)c1C. The zero-order chi connectivity index (χ0) is 12.4. The normalized spacial score (nSPS) is 10.6. The number of pyridine rings is 1. The number of aromatic nitrogens is 3. The molecule has 0 spiro atoms. The molecule has 0 amide bonds. The van der Waals surface area contributed by atoms with Crippen LogP contribution in [-0.2, 0) is 0 Å². The Balaban J connectivity index is 2.31. The smallest absolute Gasteiger partial charge is 0.194 e. The third-order valence-electron chi connectivity index (χ3n) is 2.50. The van der Waals surface area contributed by atoms with E-state index in [2.05, 4.69) is 15.0 Å². The Morgan fingerprint density at radius 2 is 1.65 bits per heavy atom. The van der Waals surface area contributed by atoms with Crippen LogP contribution in [-0.4, -0.2) is 15.0 Å². The zero-order valence-electron chi connectivity index (χ0n) is 9.86. The summed E-state index contributed by atoms with van der Waals surface area (Å²) in [7, 11) is 0. The average molecular weight is 266 g/mol. The van der Waals surface area contributed by atoms with E-state index in [1.54, 1.807) is 6.07 Å². The Kier molecular flexibility index (Phi) is 3.64. The van der Waals surface area contributed by atoms with E-state index in [4.69, 9.17) is 11.6 Å². The topological polar surface area (TPSA) is 38.7 Å². The van der Waals surface area contributed by atoms with E-state index < -0.39 is 0 Å². The molecular weight excluding hydrogens is 254 g/mol. The monoisotopic (exact) mass is 265 g/mol. The minimum atomic E-state index is 0.482. The molecule has 17 heavy (non-hydrogen) atoms.